The molecule has 6 nitrogen and oxygen atoms in total. The number of rotatable bonds is 6. The topological polar surface area (TPSA) is 71.8 Å². The van der Waals surface area contributed by atoms with E-state index in [0.29, 0.717) is 17.2 Å². The van der Waals surface area contributed by atoms with Gasteiger partial charge in [0.05, 0.1) is 19.9 Å². The van der Waals surface area contributed by atoms with Crippen LogP contribution in [0, 0.1) is 0 Å². The van der Waals surface area contributed by atoms with Crippen LogP contribution < -0.4 is 10.1 Å². The van der Waals surface area contributed by atoms with Gasteiger partial charge in [0.15, 0.2) is 0 Å². The molecule has 0 spiro atoms. The van der Waals surface area contributed by atoms with Crippen LogP contribution in [0.25, 0.3) is 0 Å². The molecule has 0 aliphatic rings. The largest absolute Gasteiger partial charge is 0.497 e. The molecule has 0 aliphatic heterocycles. The van der Waals surface area contributed by atoms with Crippen LogP contribution in [0.5, 0.6) is 5.75 Å². The fourth-order valence-electron chi connectivity index (χ4n) is 1.92. The molecule has 0 atom stereocenters. The molecular formula is C16H18N2O4. The predicted octanol–water partition coefficient (Wildman–Crippen LogP) is 2.28. The van der Waals surface area contributed by atoms with Gasteiger partial charge in [-0.2, -0.15) is 0 Å². The van der Waals surface area contributed by atoms with Gasteiger partial charge >= 0.3 is 0 Å². The summed E-state index contributed by atoms with van der Waals surface area (Å²) in [6.07, 6.45) is 1.53. The van der Waals surface area contributed by atoms with Crippen LogP contribution in [0.3, 0.4) is 0 Å². The smallest absolute Gasteiger partial charge is 0.244 e. The Bertz CT molecular complexity index is 620. The maximum absolute atomic E-state index is 12.0. The van der Waals surface area contributed by atoms with Crippen molar-refractivity contribution in [3.8, 4) is 5.75 Å². The number of carbonyl (C=O) groups is 2. The maximum Gasteiger partial charge on any atom is 0.244 e. The van der Waals surface area contributed by atoms with E-state index in [1.54, 1.807) is 43.5 Å². The van der Waals surface area contributed by atoms with E-state index in [0.717, 1.165) is 0 Å². The summed E-state index contributed by atoms with van der Waals surface area (Å²) in [7, 11) is 1.58. The Hall–Kier alpha value is -2.76. The van der Waals surface area contributed by atoms with Crippen molar-refractivity contribution in [2.75, 3.05) is 19.0 Å². The second kappa shape index (κ2) is 7.31. The van der Waals surface area contributed by atoms with Crippen LogP contribution in [0.2, 0.25) is 0 Å². The summed E-state index contributed by atoms with van der Waals surface area (Å²) in [6, 6.07) is 10.5. The Morgan fingerprint density at radius 3 is 2.50 bits per heavy atom. The number of hydrogen-bond donors (Lipinski definition) is 1. The van der Waals surface area contributed by atoms with Gasteiger partial charge in [-0.1, -0.05) is 0 Å². The lowest BCUT2D eigenvalue weighted by Gasteiger charge is -2.19. The first kappa shape index (κ1) is 15.6. The highest BCUT2D eigenvalue weighted by Crippen LogP contribution is 2.15. The van der Waals surface area contributed by atoms with Crippen molar-refractivity contribution >= 4 is 17.5 Å². The van der Waals surface area contributed by atoms with E-state index < -0.39 is 0 Å². The van der Waals surface area contributed by atoms with Gasteiger partial charge in [0.25, 0.3) is 0 Å². The van der Waals surface area contributed by atoms with E-state index in [4.69, 9.17) is 9.15 Å². The van der Waals surface area contributed by atoms with Crippen molar-refractivity contribution in [1.82, 2.24) is 4.90 Å². The van der Waals surface area contributed by atoms with Gasteiger partial charge in [-0.05, 0) is 36.4 Å². The molecule has 2 aromatic rings. The molecule has 1 heterocycles. The van der Waals surface area contributed by atoms with Gasteiger partial charge in [0.2, 0.25) is 11.8 Å². The third-order valence-electron chi connectivity index (χ3n) is 3.08. The van der Waals surface area contributed by atoms with Crippen molar-refractivity contribution < 1.29 is 18.7 Å². The molecule has 0 bridgehead atoms. The van der Waals surface area contributed by atoms with Gasteiger partial charge in [0.1, 0.15) is 18.1 Å². The summed E-state index contributed by atoms with van der Waals surface area (Å²) in [5, 5.41) is 2.74. The minimum Gasteiger partial charge on any atom is -0.497 e. The molecule has 0 aliphatic carbocycles. The van der Waals surface area contributed by atoms with Crippen LogP contribution in [-0.2, 0) is 16.1 Å². The third kappa shape index (κ3) is 4.37. The van der Waals surface area contributed by atoms with E-state index >= 15 is 0 Å². The van der Waals surface area contributed by atoms with Gasteiger partial charge in [-0.15, -0.1) is 0 Å². The Morgan fingerprint density at radius 2 is 1.95 bits per heavy atom. The monoisotopic (exact) mass is 302 g/mol. The molecule has 1 aromatic carbocycles. The lowest BCUT2D eigenvalue weighted by Crippen LogP contribution is -2.36. The highest BCUT2D eigenvalue weighted by Gasteiger charge is 2.15. The molecule has 0 radical (unpaired) electrons. The molecule has 6 heteroatoms. The number of benzene rings is 1. The number of methoxy groups -OCH3 is 1. The van der Waals surface area contributed by atoms with Crippen LogP contribution in [0.1, 0.15) is 12.7 Å². The van der Waals surface area contributed by atoms with Crippen molar-refractivity contribution in [2.24, 2.45) is 0 Å². The van der Waals surface area contributed by atoms with E-state index in [1.165, 1.54) is 18.1 Å². The van der Waals surface area contributed by atoms with Crippen molar-refractivity contribution in [1.29, 1.82) is 0 Å². The standard InChI is InChI=1S/C16H18N2O4/c1-12(19)18(10-15-4-3-9-22-15)11-16(20)17-13-5-7-14(21-2)8-6-13/h3-9H,10-11H2,1-2H3,(H,17,20). The number of nitrogens with zero attached hydrogens (tertiary/aromatic N) is 1. The van der Waals surface area contributed by atoms with E-state index in [9.17, 15) is 9.59 Å². The number of carbonyl (C=O) groups excluding carboxylic acids is 2. The molecule has 116 valence electrons. The summed E-state index contributed by atoms with van der Waals surface area (Å²) in [4.78, 5) is 25.1. The molecule has 1 N–H and O–H groups in total. The van der Waals surface area contributed by atoms with E-state index in [2.05, 4.69) is 5.32 Å². The normalized spacial score (nSPS) is 10.1. The lowest BCUT2D eigenvalue weighted by atomic mass is 10.3. The average molecular weight is 302 g/mol. The molecule has 0 unspecified atom stereocenters. The maximum atomic E-state index is 12.0. The van der Waals surface area contributed by atoms with Crippen molar-refractivity contribution in [2.45, 2.75) is 13.5 Å². The number of ether oxygens (including phenoxy) is 1. The molecule has 2 amide bonds. The lowest BCUT2D eigenvalue weighted by molar-refractivity contribution is -0.133. The van der Waals surface area contributed by atoms with Gasteiger partial charge in [-0.25, -0.2) is 0 Å². The highest BCUT2D eigenvalue weighted by atomic mass is 16.5. The molecule has 2 rings (SSSR count). The minimum atomic E-state index is -0.271. The summed E-state index contributed by atoms with van der Waals surface area (Å²) >= 11 is 0. The van der Waals surface area contributed by atoms with Crippen molar-refractivity contribution in [3.63, 3.8) is 0 Å². The molecular weight excluding hydrogens is 284 g/mol. The fraction of sp³-hybridized carbons (Fsp3) is 0.250. The Morgan fingerprint density at radius 1 is 1.23 bits per heavy atom. The minimum absolute atomic E-state index is 0.0396. The Balaban J connectivity index is 1.94. The Labute approximate surface area is 128 Å². The molecule has 0 saturated heterocycles. The van der Waals surface area contributed by atoms with Gasteiger partial charge < -0.3 is 19.4 Å². The summed E-state index contributed by atoms with van der Waals surface area (Å²) in [5.41, 5.74) is 0.646. The molecule has 22 heavy (non-hydrogen) atoms. The van der Waals surface area contributed by atoms with Crippen molar-refractivity contribution in [3.05, 3.63) is 48.4 Å². The van der Waals surface area contributed by atoms with Crippen LogP contribution in [-0.4, -0.2) is 30.4 Å². The first-order valence-electron chi connectivity index (χ1n) is 6.80. The third-order valence-corrected chi connectivity index (χ3v) is 3.08. The zero-order valence-corrected chi connectivity index (χ0v) is 12.5. The fourth-order valence-corrected chi connectivity index (χ4v) is 1.92. The summed E-state index contributed by atoms with van der Waals surface area (Å²) < 4.78 is 10.3. The van der Waals surface area contributed by atoms with Gasteiger partial charge in [-0.3, -0.25) is 9.59 Å². The SMILES string of the molecule is COc1ccc(NC(=O)CN(Cc2ccco2)C(C)=O)cc1. The van der Waals surface area contributed by atoms with Gasteiger partial charge in [0, 0.05) is 12.6 Å². The highest BCUT2D eigenvalue weighted by molar-refractivity contribution is 5.94. The summed E-state index contributed by atoms with van der Waals surface area (Å²) in [6.45, 7) is 1.64. The molecule has 1 aromatic heterocycles. The average Bonchev–Trinajstić information content (AvgIpc) is 3.00. The first-order valence-corrected chi connectivity index (χ1v) is 6.80. The summed E-state index contributed by atoms with van der Waals surface area (Å²) in [5.74, 6) is 0.877. The second-order valence-electron chi connectivity index (χ2n) is 4.73. The Kier molecular flexibility index (Phi) is 5.19. The number of hydrogen-bond acceptors (Lipinski definition) is 4. The first-order chi connectivity index (χ1) is 10.6. The van der Waals surface area contributed by atoms with Crippen LogP contribution >= 0.6 is 0 Å². The van der Waals surface area contributed by atoms with E-state index in [-0.39, 0.29) is 24.9 Å². The zero-order chi connectivity index (χ0) is 15.9. The number of amides is 2. The zero-order valence-electron chi connectivity index (χ0n) is 12.5. The van der Waals surface area contributed by atoms with Crippen LogP contribution in [0.15, 0.2) is 47.1 Å². The number of anilines is 1. The molecule has 0 fully saturated rings. The van der Waals surface area contributed by atoms with Crippen LogP contribution in [0.4, 0.5) is 5.69 Å². The number of nitrogens with one attached hydrogen (secondary N) is 1. The quantitative estimate of drug-likeness (QED) is 0.888. The molecule has 0 saturated carbocycles. The second-order valence-corrected chi connectivity index (χ2v) is 4.73. The predicted molar refractivity (Wildman–Crippen MR) is 81.4 cm³/mol. The van der Waals surface area contributed by atoms with E-state index in [1.807, 2.05) is 0 Å². The number of furan rings is 1.